The first kappa shape index (κ1) is 29.8. The van der Waals surface area contributed by atoms with E-state index in [4.69, 9.17) is 19.2 Å². The number of ether oxygens (including phenoxy) is 3. The van der Waals surface area contributed by atoms with Crippen molar-refractivity contribution in [2.45, 2.75) is 39.7 Å². The fourth-order valence-corrected chi connectivity index (χ4v) is 5.88. The molecule has 5 rings (SSSR count). The van der Waals surface area contributed by atoms with Gasteiger partial charge in [-0.25, -0.2) is 4.98 Å². The number of aromatic nitrogens is 1. The van der Waals surface area contributed by atoms with Crippen molar-refractivity contribution in [2.75, 3.05) is 24.7 Å². The summed E-state index contributed by atoms with van der Waals surface area (Å²) in [5, 5.41) is 11.5. The van der Waals surface area contributed by atoms with Gasteiger partial charge in [0.05, 0.1) is 41.7 Å². The Bertz CT molecular complexity index is 1680. The number of thiazole rings is 1. The maximum atomic E-state index is 13.7. The number of nitrogens with zero attached hydrogens (tertiary/aromatic N) is 2. The molecular weight excluding hydrogens is 564 g/mol. The number of benzene rings is 3. The number of rotatable bonds is 13. The highest BCUT2D eigenvalue weighted by Crippen LogP contribution is 2.45. The second kappa shape index (κ2) is 13.6. The lowest BCUT2D eigenvalue weighted by Gasteiger charge is -2.25. The Morgan fingerprint density at radius 3 is 2.51 bits per heavy atom. The molecule has 222 valence electrons. The van der Waals surface area contributed by atoms with Gasteiger partial charge in [-0.05, 0) is 67.8 Å². The van der Waals surface area contributed by atoms with Crippen LogP contribution in [0.1, 0.15) is 50.8 Å². The molecule has 1 aliphatic heterocycles. The minimum atomic E-state index is -0.948. The first-order chi connectivity index (χ1) is 20.9. The summed E-state index contributed by atoms with van der Waals surface area (Å²) in [5.74, 6) is -0.0360. The number of unbranched alkanes of at least 4 members (excludes halogenated alkanes) is 1. The molecule has 2 heterocycles. The smallest absolute Gasteiger partial charge is 0.296 e. The highest BCUT2D eigenvalue weighted by atomic mass is 32.1. The van der Waals surface area contributed by atoms with Crippen LogP contribution in [-0.4, -0.2) is 41.6 Å². The number of allylic oxidation sites excluding steroid dienone is 1. The van der Waals surface area contributed by atoms with E-state index in [1.165, 1.54) is 22.3 Å². The van der Waals surface area contributed by atoms with Gasteiger partial charge >= 0.3 is 0 Å². The predicted octanol–water partition coefficient (Wildman–Crippen LogP) is 7.46. The minimum Gasteiger partial charge on any atom is -0.503 e. The van der Waals surface area contributed by atoms with Gasteiger partial charge in [0.15, 0.2) is 28.2 Å². The Balaban J connectivity index is 1.60. The fourth-order valence-electron chi connectivity index (χ4n) is 4.86. The molecule has 0 bridgehead atoms. The lowest BCUT2D eigenvalue weighted by Crippen LogP contribution is -2.30. The van der Waals surface area contributed by atoms with Crippen molar-refractivity contribution in [1.29, 1.82) is 0 Å². The zero-order valence-electron chi connectivity index (χ0n) is 24.4. The van der Waals surface area contributed by atoms with E-state index in [1.807, 2.05) is 62.4 Å². The third kappa shape index (κ3) is 6.41. The molecule has 9 heteroatoms. The van der Waals surface area contributed by atoms with E-state index in [-0.39, 0.29) is 5.57 Å². The second-order valence-corrected chi connectivity index (χ2v) is 10.9. The van der Waals surface area contributed by atoms with Crippen molar-refractivity contribution in [3.05, 3.63) is 95.3 Å². The number of hydrogen-bond acceptors (Lipinski definition) is 8. The van der Waals surface area contributed by atoms with Crippen molar-refractivity contribution in [3.8, 4) is 17.2 Å². The molecule has 43 heavy (non-hydrogen) atoms. The molecule has 0 spiro atoms. The molecule has 0 fully saturated rings. The number of anilines is 1. The summed E-state index contributed by atoms with van der Waals surface area (Å²) in [4.78, 5) is 33.5. The summed E-state index contributed by atoms with van der Waals surface area (Å²) in [7, 11) is 0. The van der Waals surface area contributed by atoms with Gasteiger partial charge in [0.2, 0.25) is 0 Å². The van der Waals surface area contributed by atoms with Crippen LogP contribution >= 0.6 is 11.3 Å². The number of aliphatic hydroxyl groups is 1. The van der Waals surface area contributed by atoms with E-state index in [0.717, 1.165) is 23.1 Å². The van der Waals surface area contributed by atoms with Crippen molar-refractivity contribution in [2.24, 2.45) is 0 Å². The molecule has 1 atom stereocenters. The summed E-state index contributed by atoms with van der Waals surface area (Å²) in [5.41, 5.74) is 2.04. The van der Waals surface area contributed by atoms with Crippen molar-refractivity contribution in [3.63, 3.8) is 0 Å². The summed E-state index contributed by atoms with van der Waals surface area (Å²) in [6.07, 6.45) is 4.92. The lowest BCUT2D eigenvalue weighted by atomic mass is 9.95. The van der Waals surface area contributed by atoms with Crippen molar-refractivity contribution >= 4 is 44.5 Å². The van der Waals surface area contributed by atoms with E-state index in [0.29, 0.717) is 53.3 Å². The zero-order chi connectivity index (χ0) is 30.3. The molecule has 3 aromatic carbocycles. The summed E-state index contributed by atoms with van der Waals surface area (Å²) in [6.45, 7) is 7.32. The Morgan fingerprint density at radius 1 is 0.977 bits per heavy atom. The maximum Gasteiger partial charge on any atom is 0.296 e. The second-order valence-electron chi connectivity index (χ2n) is 9.85. The van der Waals surface area contributed by atoms with Crippen LogP contribution in [0.3, 0.4) is 0 Å². The normalized spacial score (nSPS) is 15.1. The Labute approximate surface area is 254 Å². The average Bonchev–Trinajstić information content (AvgIpc) is 3.55. The van der Waals surface area contributed by atoms with Gasteiger partial charge in [0.1, 0.15) is 5.75 Å². The molecule has 1 aliphatic rings. The van der Waals surface area contributed by atoms with Crippen LogP contribution in [-0.2, 0) is 9.59 Å². The Kier molecular flexibility index (Phi) is 9.41. The number of hydrogen-bond donors (Lipinski definition) is 1. The molecule has 0 saturated heterocycles. The highest BCUT2D eigenvalue weighted by molar-refractivity contribution is 7.22. The van der Waals surface area contributed by atoms with Crippen LogP contribution in [0.25, 0.3) is 16.3 Å². The monoisotopic (exact) mass is 598 g/mol. The van der Waals surface area contributed by atoms with Gasteiger partial charge in [-0.15, -0.1) is 0 Å². The quantitative estimate of drug-likeness (QED) is 0.126. The van der Waals surface area contributed by atoms with Crippen LogP contribution in [0, 0.1) is 0 Å². The van der Waals surface area contributed by atoms with Crippen LogP contribution in [0.5, 0.6) is 17.2 Å². The molecule has 0 aliphatic carbocycles. The topological polar surface area (TPSA) is 98.2 Å². The number of carbonyl (C=O) groups excluding carboxylic acids is 2. The van der Waals surface area contributed by atoms with Crippen LogP contribution in [0.15, 0.2) is 84.1 Å². The van der Waals surface area contributed by atoms with Gasteiger partial charge in [-0.2, -0.15) is 0 Å². The first-order valence-corrected chi connectivity index (χ1v) is 15.2. The molecule has 1 amide bonds. The summed E-state index contributed by atoms with van der Waals surface area (Å²) < 4.78 is 18.3. The van der Waals surface area contributed by atoms with Crippen LogP contribution < -0.4 is 19.1 Å². The molecule has 1 aromatic heterocycles. The SMILES string of the molecule is CCCCOc1ccc(C2C(C(=O)C=Cc3ccccc3)=C(O)C(=O)N2c2nc3ccc(OCC)cc3s2)cc1OCC. The number of carbonyl (C=O) groups is 2. The number of ketones is 1. The first-order valence-electron chi connectivity index (χ1n) is 14.4. The number of aliphatic hydroxyl groups excluding tert-OH is 1. The number of amides is 1. The maximum absolute atomic E-state index is 13.7. The number of fused-ring (bicyclic) bond motifs is 1. The van der Waals surface area contributed by atoms with Crippen LogP contribution in [0.4, 0.5) is 5.13 Å². The largest absolute Gasteiger partial charge is 0.503 e. The van der Waals surface area contributed by atoms with E-state index < -0.39 is 23.5 Å². The van der Waals surface area contributed by atoms with E-state index in [9.17, 15) is 14.7 Å². The summed E-state index contributed by atoms with van der Waals surface area (Å²) in [6, 6.07) is 19.3. The predicted molar refractivity (Wildman–Crippen MR) is 169 cm³/mol. The molecule has 0 radical (unpaired) electrons. The minimum absolute atomic E-state index is 0.0338. The molecule has 4 aromatic rings. The van der Waals surface area contributed by atoms with Gasteiger partial charge in [-0.1, -0.05) is 67.2 Å². The third-order valence-corrected chi connectivity index (χ3v) is 7.92. The summed E-state index contributed by atoms with van der Waals surface area (Å²) >= 11 is 1.28. The molecule has 8 nitrogen and oxygen atoms in total. The standard InChI is InChI=1S/C34H34N2O6S/c1-4-7-19-42-27-18-14-23(20-28(27)41-6-3)31-30(26(37)17-13-22-11-9-8-10-12-22)32(38)33(39)36(31)34-35-25-16-15-24(40-5-2)21-29(25)43-34/h8-18,20-21,31,38H,4-7,19H2,1-3H3. The fraction of sp³-hybridized carbons (Fsp3) is 0.265. The van der Waals surface area contributed by atoms with Gasteiger partial charge < -0.3 is 19.3 Å². The molecule has 1 N–H and O–H groups in total. The third-order valence-electron chi connectivity index (χ3n) is 6.90. The Hall–Kier alpha value is -4.63. The van der Waals surface area contributed by atoms with Crippen LogP contribution in [0.2, 0.25) is 0 Å². The highest BCUT2D eigenvalue weighted by Gasteiger charge is 2.45. The van der Waals surface area contributed by atoms with Gasteiger partial charge in [0.25, 0.3) is 5.91 Å². The van der Waals surface area contributed by atoms with E-state index >= 15 is 0 Å². The van der Waals surface area contributed by atoms with E-state index in [1.54, 1.807) is 24.3 Å². The van der Waals surface area contributed by atoms with Gasteiger partial charge in [0, 0.05) is 0 Å². The zero-order valence-corrected chi connectivity index (χ0v) is 25.2. The average molecular weight is 599 g/mol. The van der Waals surface area contributed by atoms with Gasteiger partial charge in [-0.3, -0.25) is 14.5 Å². The van der Waals surface area contributed by atoms with E-state index in [2.05, 4.69) is 6.92 Å². The molecule has 0 saturated carbocycles. The molecule has 1 unspecified atom stereocenters. The molecular formula is C34H34N2O6S. The van der Waals surface area contributed by atoms with Crippen molar-refractivity contribution < 1.29 is 28.9 Å². The Morgan fingerprint density at radius 2 is 1.77 bits per heavy atom. The lowest BCUT2D eigenvalue weighted by molar-refractivity contribution is -0.117. The van der Waals surface area contributed by atoms with Crippen molar-refractivity contribution in [1.82, 2.24) is 4.98 Å².